The largest absolute Gasteiger partial charge is 0.444 e. The molecule has 0 bridgehead atoms. The summed E-state index contributed by atoms with van der Waals surface area (Å²) in [6.07, 6.45) is -0.627. The van der Waals surface area contributed by atoms with Crippen LogP contribution in [0.2, 0.25) is 0 Å². The molecule has 35 heavy (non-hydrogen) atoms. The number of rotatable bonds is 4. The number of hydrogen-bond donors (Lipinski definition) is 0. The number of nitrogens with zero attached hydrogens (tertiary/aromatic N) is 4. The zero-order valence-electron chi connectivity index (χ0n) is 20.2. The number of fused-ring (bicyclic) bond motifs is 2. The Morgan fingerprint density at radius 2 is 1.29 bits per heavy atom. The van der Waals surface area contributed by atoms with Crippen LogP contribution in [0.4, 0.5) is 44.6 Å². The Kier molecular flexibility index (Phi) is 7.00. The molecule has 3 aromatic carbocycles. The molecule has 0 radical (unpaired) electrons. The standard InChI is InChI=1S/C26H27Cl3N4O2/c1-17-6-8-18(9-7-17)32-23-14-19(30(2)3)10-12-21(23)33(25(34)35-16-26(27,28)29)22-13-11-20(31(4)5)15-24(22)32/h6-15H,16H2,1-5H3. The van der Waals surface area contributed by atoms with Gasteiger partial charge in [0.25, 0.3) is 0 Å². The lowest BCUT2D eigenvalue weighted by Crippen LogP contribution is -2.34. The van der Waals surface area contributed by atoms with Crippen LogP contribution in [0.15, 0.2) is 60.7 Å². The van der Waals surface area contributed by atoms with Gasteiger partial charge < -0.3 is 19.4 Å². The van der Waals surface area contributed by atoms with Crippen molar-refractivity contribution < 1.29 is 9.53 Å². The van der Waals surface area contributed by atoms with E-state index in [4.69, 9.17) is 39.5 Å². The summed E-state index contributed by atoms with van der Waals surface area (Å²) in [5.41, 5.74) is 7.09. The molecule has 1 heterocycles. The number of benzene rings is 3. The second-order valence-corrected chi connectivity index (χ2v) is 11.3. The maximum absolute atomic E-state index is 13.4. The fourth-order valence-electron chi connectivity index (χ4n) is 3.95. The average Bonchev–Trinajstić information content (AvgIpc) is 2.80. The van der Waals surface area contributed by atoms with Gasteiger partial charge >= 0.3 is 6.09 Å². The normalized spacial score (nSPS) is 12.7. The third kappa shape index (κ3) is 5.25. The Morgan fingerprint density at radius 3 is 1.71 bits per heavy atom. The predicted molar refractivity (Wildman–Crippen MR) is 148 cm³/mol. The fourth-order valence-corrected chi connectivity index (χ4v) is 4.12. The van der Waals surface area contributed by atoms with Crippen LogP contribution >= 0.6 is 34.8 Å². The van der Waals surface area contributed by atoms with Crippen LogP contribution in [0.5, 0.6) is 0 Å². The third-order valence-corrected chi connectivity index (χ3v) is 6.08. The van der Waals surface area contributed by atoms with E-state index in [0.29, 0.717) is 11.4 Å². The first-order valence-electron chi connectivity index (χ1n) is 11.0. The van der Waals surface area contributed by atoms with Gasteiger partial charge in [-0.05, 0) is 55.5 Å². The number of anilines is 7. The summed E-state index contributed by atoms with van der Waals surface area (Å²) in [6, 6.07) is 20.1. The highest BCUT2D eigenvalue weighted by atomic mass is 35.6. The molecule has 0 aromatic heterocycles. The van der Waals surface area contributed by atoms with Crippen molar-refractivity contribution in [2.24, 2.45) is 0 Å². The second kappa shape index (κ2) is 9.69. The maximum atomic E-state index is 13.4. The minimum atomic E-state index is -1.71. The molecule has 0 atom stereocenters. The minimum Gasteiger partial charge on any atom is -0.444 e. The lowest BCUT2D eigenvalue weighted by atomic mass is 10.0. The Morgan fingerprint density at radius 1 is 0.800 bits per heavy atom. The van der Waals surface area contributed by atoms with E-state index in [2.05, 4.69) is 48.2 Å². The van der Waals surface area contributed by atoms with E-state index >= 15 is 0 Å². The fraction of sp³-hybridized carbons (Fsp3) is 0.269. The molecule has 1 aliphatic heterocycles. The lowest BCUT2D eigenvalue weighted by Gasteiger charge is -2.39. The van der Waals surface area contributed by atoms with Gasteiger partial charge in [0.05, 0.1) is 22.7 Å². The van der Waals surface area contributed by atoms with Crippen molar-refractivity contribution in [3.63, 3.8) is 0 Å². The van der Waals surface area contributed by atoms with Crippen molar-refractivity contribution in [2.75, 3.05) is 54.4 Å². The Labute approximate surface area is 221 Å². The first-order valence-corrected chi connectivity index (χ1v) is 12.1. The van der Waals surface area contributed by atoms with Gasteiger partial charge in [0.1, 0.15) is 6.61 Å². The number of alkyl halides is 3. The van der Waals surface area contributed by atoms with E-state index in [0.717, 1.165) is 34.0 Å². The number of halogens is 3. The van der Waals surface area contributed by atoms with Gasteiger partial charge in [-0.25, -0.2) is 9.69 Å². The van der Waals surface area contributed by atoms with Crippen molar-refractivity contribution in [1.82, 2.24) is 0 Å². The summed E-state index contributed by atoms with van der Waals surface area (Å²) >= 11 is 17.6. The average molecular weight is 534 g/mol. The van der Waals surface area contributed by atoms with Gasteiger partial charge in [0.15, 0.2) is 0 Å². The summed E-state index contributed by atoms with van der Waals surface area (Å²) in [5, 5.41) is 0. The highest BCUT2D eigenvalue weighted by Crippen LogP contribution is 2.53. The minimum absolute atomic E-state index is 0.370. The highest BCUT2D eigenvalue weighted by molar-refractivity contribution is 6.67. The van der Waals surface area contributed by atoms with Gasteiger partial charge in [-0.3, -0.25) is 0 Å². The van der Waals surface area contributed by atoms with Crippen LogP contribution in [0, 0.1) is 6.92 Å². The van der Waals surface area contributed by atoms with Gasteiger partial charge in [-0.1, -0.05) is 52.5 Å². The molecule has 0 aliphatic carbocycles. The molecule has 3 aromatic rings. The second-order valence-electron chi connectivity index (χ2n) is 8.81. The summed E-state index contributed by atoms with van der Waals surface area (Å²) in [5.74, 6) is 0. The lowest BCUT2D eigenvalue weighted by molar-refractivity contribution is 0.158. The van der Waals surface area contributed by atoms with Gasteiger partial charge in [-0.15, -0.1) is 0 Å². The van der Waals surface area contributed by atoms with Crippen molar-refractivity contribution in [2.45, 2.75) is 10.7 Å². The number of carbonyl (C=O) groups excluding carboxylic acids is 1. The summed E-state index contributed by atoms with van der Waals surface area (Å²) < 4.78 is 3.71. The van der Waals surface area contributed by atoms with E-state index in [9.17, 15) is 4.79 Å². The molecule has 1 amide bonds. The first kappa shape index (κ1) is 25.3. The van der Waals surface area contributed by atoms with Crippen LogP contribution in [0.25, 0.3) is 0 Å². The number of aryl methyl sites for hydroxylation is 1. The monoisotopic (exact) mass is 532 g/mol. The smallest absolute Gasteiger partial charge is 0.419 e. The summed E-state index contributed by atoms with van der Waals surface area (Å²) in [4.78, 5) is 21.1. The van der Waals surface area contributed by atoms with Crippen molar-refractivity contribution in [3.8, 4) is 0 Å². The summed E-state index contributed by atoms with van der Waals surface area (Å²) in [7, 11) is 7.91. The molecule has 0 unspecified atom stereocenters. The highest BCUT2D eigenvalue weighted by Gasteiger charge is 2.35. The van der Waals surface area contributed by atoms with E-state index in [1.165, 1.54) is 4.90 Å². The Bertz CT molecular complexity index is 1180. The molecular formula is C26H27Cl3N4O2. The van der Waals surface area contributed by atoms with Crippen molar-refractivity contribution in [1.29, 1.82) is 0 Å². The molecule has 6 nitrogen and oxygen atoms in total. The zero-order valence-corrected chi connectivity index (χ0v) is 22.5. The number of carbonyl (C=O) groups is 1. The molecule has 9 heteroatoms. The molecule has 1 aliphatic rings. The van der Waals surface area contributed by atoms with Crippen LogP contribution in [0.3, 0.4) is 0 Å². The van der Waals surface area contributed by atoms with Gasteiger partial charge in [0, 0.05) is 45.3 Å². The van der Waals surface area contributed by atoms with Crippen LogP contribution in [-0.4, -0.2) is 44.7 Å². The van der Waals surface area contributed by atoms with E-state index in [1.807, 2.05) is 62.3 Å². The third-order valence-electron chi connectivity index (χ3n) is 5.75. The quantitative estimate of drug-likeness (QED) is 0.324. The molecule has 0 saturated carbocycles. The Balaban J connectivity index is 1.96. The van der Waals surface area contributed by atoms with E-state index in [-0.39, 0.29) is 6.61 Å². The zero-order chi connectivity index (χ0) is 25.5. The molecule has 0 N–H and O–H groups in total. The van der Waals surface area contributed by atoms with E-state index in [1.54, 1.807) is 0 Å². The molecule has 0 fully saturated rings. The van der Waals surface area contributed by atoms with Crippen LogP contribution < -0.4 is 19.6 Å². The van der Waals surface area contributed by atoms with Gasteiger partial charge in [-0.2, -0.15) is 0 Å². The molecule has 0 saturated heterocycles. The number of ether oxygens (including phenoxy) is 1. The molecule has 0 spiro atoms. The predicted octanol–water partition coefficient (Wildman–Crippen LogP) is 7.56. The number of hydrogen-bond acceptors (Lipinski definition) is 5. The van der Waals surface area contributed by atoms with Crippen molar-refractivity contribution >= 4 is 80.7 Å². The molecular weight excluding hydrogens is 507 g/mol. The Hall–Kier alpha value is -2.80. The topological polar surface area (TPSA) is 39.3 Å². The SMILES string of the molecule is Cc1ccc(N2c3cc(N(C)C)ccc3N(C(=O)OCC(Cl)(Cl)Cl)c3ccc(N(C)C)cc32)cc1. The first-order chi connectivity index (χ1) is 16.5. The molecule has 4 rings (SSSR count). The van der Waals surface area contributed by atoms with E-state index < -0.39 is 9.89 Å². The van der Waals surface area contributed by atoms with Crippen LogP contribution in [-0.2, 0) is 4.74 Å². The number of amides is 1. The summed E-state index contributed by atoms with van der Waals surface area (Å²) in [6.45, 7) is 1.68. The maximum Gasteiger partial charge on any atom is 0.419 e. The van der Waals surface area contributed by atoms with Crippen molar-refractivity contribution in [3.05, 3.63) is 66.2 Å². The molecule has 184 valence electrons. The van der Waals surface area contributed by atoms with Gasteiger partial charge in [0.2, 0.25) is 3.79 Å². The van der Waals surface area contributed by atoms with Crippen LogP contribution in [0.1, 0.15) is 5.56 Å².